The van der Waals surface area contributed by atoms with E-state index in [1.165, 1.54) is 0 Å². The standard InChI is InChI=1S/C13H22ClN3O2/c1-3-10-13(14)11(17(4-2)16-10)7-9(15)12-8-18-5-6-19-12/h9,12H,3-8,15H2,1-2H3. The molecule has 1 aliphatic heterocycles. The number of nitrogens with zero attached hydrogens (tertiary/aromatic N) is 2. The molecule has 0 aliphatic carbocycles. The lowest BCUT2D eigenvalue weighted by Crippen LogP contribution is -2.45. The van der Waals surface area contributed by atoms with Crippen LogP contribution in [0.1, 0.15) is 25.2 Å². The molecule has 2 atom stereocenters. The summed E-state index contributed by atoms with van der Waals surface area (Å²) in [5.74, 6) is 0. The number of aryl methyl sites for hydroxylation is 2. The highest BCUT2D eigenvalue weighted by Gasteiger charge is 2.25. The zero-order valence-electron chi connectivity index (χ0n) is 11.6. The van der Waals surface area contributed by atoms with Gasteiger partial charge >= 0.3 is 0 Å². The SMILES string of the molecule is CCc1nn(CC)c(CC(N)C2COCCO2)c1Cl. The van der Waals surface area contributed by atoms with Crippen molar-refractivity contribution in [3.8, 4) is 0 Å². The molecule has 2 N–H and O–H groups in total. The molecule has 2 unspecified atom stereocenters. The van der Waals surface area contributed by atoms with E-state index in [2.05, 4.69) is 18.9 Å². The number of nitrogens with two attached hydrogens (primary N) is 1. The normalized spacial score (nSPS) is 21.6. The van der Waals surface area contributed by atoms with Crippen molar-refractivity contribution in [1.82, 2.24) is 9.78 Å². The molecule has 6 heteroatoms. The lowest BCUT2D eigenvalue weighted by atomic mass is 10.1. The summed E-state index contributed by atoms with van der Waals surface area (Å²) in [7, 11) is 0. The second-order valence-electron chi connectivity index (χ2n) is 4.73. The highest BCUT2D eigenvalue weighted by molar-refractivity contribution is 6.31. The van der Waals surface area contributed by atoms with Gasteiger partial charge in [0.05, 0.1) is 42.3 Å². The van der Waals surface area contributed by atoms with Crippen LogP contribution in [0.5, 0.6) is 0 Å². The molecule has 0 amide bonds. The molecule has 1 aliphatic rings. The molecule has 0 saturated carbocycles. The predicted octanol–water partition coefficient (Wildman–Crippen LogP) is 1.40. The summed E-state index contributed by atoms with van der Waals surface area (Å²) in [5, 5.41) is 5.25. The molecule has 0 spiro atoms. The molecule has 1 aromatic rings. The van der Waals surface area contributed by atoms with Gasteiger partial charge < -0.3 is 15.2 Å². The van der Waals surface area contributed by atoms with E-state index in [4.69, 9.17) is 26.8 Å². The van der Waals surface area contributed by atoms with Crippen molar-refractivity contribution in [2.75, 3.05) is 19.8 Å². The van der Waals surface area contributed by atoms with Crippen LogP contribution >= 0.6 is 11.6 Å². The van der Waals surface area contributed by atoms with Gasteiger partial charge in [-0.15, -0.1) is 0 Å². The topological polar surface area (TPSA) is 62.3 Å². The zero-order chi connectivity index (χ0) is 13.8. The van der Waals surface area contributed by atoms with Crippen molar-refractivity contribution in [2.45, 2.75) is 45.4 Å². The maximum absolute atomic E-state index is 6.38. The molecule has 2 heterocycles. The highest BCUT2D eigenvalue weighted by atomic mass is 35.5. The lowest BCUT2D eigenvalue weighted by molar-refractivity contribution is -0.0969. The fourth-order valence-corrected chi connectivity index (χ4v) is 2.67. The maximum atomic E-state index is 6.38. The third kappa shape index (κ3) is 3.28. The van der Waals surface area contributed by atoms with Gasteiger partial charge in [-0.3, -0.25) is 4.68 Å². The number of halogens is 1. The van der Waals surface area contributed by atoms with Crippen molar-refractivity contribution in [3.63, 3.8) is 0 Å². The van der Waals surface area contributed by atoms with Gasteiger partial charge in [-0.05, 0) is 13.3 Å². The molecule has 1 fully saturated rings. The quantitative estimate of drug-likeness (QED) is 0.889. The molecule has 5 nitrogen and oxygen atoms in total. The van der Waals surface area contributed by atoms with Crippen LogP contribution in [0, 0.1) is 0 Å². The molecular weight excluding hydrogens is 266 g/mol. The first-order valence-electron chi connectivity index (χ1n) is 6.86. The van der Waals surface area contributed by atoms with Gasteiger partial charge in [-0.2, -0.15) is 5.10 Å². The molecule has 1 aromatic heterocycles. The molecular formula is C13H22ClN3O2. The smallest absolute Gasteiger partial charge is 0.0963 e. The van der Waals surface area contributed by atoms with Gasteiger partial charge in [-0.1, -0.05) is 18.5 Å². The van der Waals surface area contributed by atoms with Crippen LogP contribution in [0.25, 0.3) is 0 Å². The summed E-state index contributed by atoms with van der Waals surface area (Å²) in [5.41, 5.74) is 8.16. The average Bonchev–Trinajstić information content (AvgIpc) is 2.76. The Kier molecular flexibility index (Phi) is 5.21. The Labute approximate surface area is 119 Å². The van der Waals surface area contributed by atoms with Crippen molar-refractivity contribution in [2.24, 2.45) is 5.73 Å². The van der Waals surface area contributed by atoms with E-state index < -0.39 is 0 Å². The zero-order valence-corrected chi connectivity index (χ0v) is 12.3. The molecule has 0 aromatic carbocycles. The van der Waals surface area contributed by atoms with Gasteiger partial charge in [0.2, 0.25) is 0 Å². The molecule has 2 rings (SSSR count). The van der Waals surface area contributed by atoms with Gasteiger partial charge in [-0.25, -0.2) is 0 Å². The molecule has 0 bridgehead atoms. The predicted molar refractivity (Wildman–Crippen MR) is 74.5 cm³/mol. The first-order chi connectivity index (χ1) is 9.17. The summed E-state index contributed by atoms with van der Waals surface area (Å²) in [6, 6.07) is -0.121. The summed E-state index contributed by atoms with van der Waals surface area (Å²) in [6.07, 6.45) is 1.43. The minimum Gasteiger partial charge on any atom is -0.376 e. The largest absolute Gasteiger partial charge is 0.376 e. The Morgan fingerprint density at radius 2 is 2.26 bits per heavy atom. The monoisotopic (exact) mass is 287 g/mol. The Morgan fingerprint density at radius 1 is 1.47 bits per heavy atom. The number of ether oxygens (including phenoxy) is 2. The second kappa shape index (κ2) is 6.70. The first kappa shape index (κ1) is 14.8. The van der Waals surface area contributed by atoms with Crippen LogP contribution < -0.4 is 5.73 Å². The summed E-state index contributed by atoms with van der Waals surface area (Å²) < 4.78 is 13.0. The van der Waals surface area contributed by atoms with Crippen LogP contribution in [0.4, 0.5) is 0 Å². The van der Waals surface area contributed by atoms with Gasteiger partial charge in [0.1, 0.15) is 0 Å². The van der Waals surface area contributed by atoms with Crippen molar-refractivity contribution in [1.29, 1.82) is 0 Å². The van der Waals surface area contributed by atoms with Gasteiger partial charge in [0, 0.05) is 19.0 Å². The third-order valence-corrected chi connectivity index (χ3v) is 3.88. The molecule has 0 radical (unpaired) electrons. The van der Waals surface area contributed by atoms with Gasteiger partial charge in [0.15, 0.2) is 0 Å². The fourth-order valence-electron chi connectivity index (χ4n) is 2.32. The van der Waals surface area contributed by atoms with Crippen LogP contribution in [-0.2, 0) is 28.9 Å². The van der Waals surface area contributed by atoms with E-state index >= 15 is 0 Å². The van der Waals surface area contributed by atoms with E-state index in [-0.39, 0.29) is 12.1 Å². The minimum absolute atomic E-state index is 0.0601. The van der Waals surface area contributed by atoms with E-state index in [0.717, 1.165) is 29.4 Å². The maximum Gasteiger partial charge on any atom is 0.0963 e. The Hall–Kier alpha value is -0.620. The first-order valence-corrected chi connectivity index (χ1v) is 7.24. The van der Waals surface area contributed by atoms with E-state index in [1.807, 2.05) is 4.68 Å². The van der Waals surface area contributed by atoms with Crippen molar-refractivity contribution in [3.05, 3.63) is 16.4 Å². The number of hydrogen-bond acceptors (Lipinski definition) is 4. The van der Waals surface area contributed by atoms with Crippen LogP contribution in [0.3, 0.4) is 0 Å². The third-order valence-electron chi connectivity index (χ3n) is 3.44. The van der Waals surface area contributed by atoms with Crippen LogP contribution in [0.15, 0.2) is 0 Å². The fraction of sp³-hybridized carbons (Fsp3) is 0.769. The van der Waals surface area contributed by atoms with Crippen LogP contribution in [-0.4, -0.2) is 41.7 Å². The second-order valence-corrected chi connectivity index (χ2v) is 5.11. The van der Waals surface area contributed by atoms with Crippen molar-refractivity contribution < 1.29 is 9.47 Å². The minimum atomic E-state index is -0.121. The van der Waals surface area contributed by atoms with E-state index in [1.54, 1.807) is 0 Å². The molecule has 19 heavy (non-hydrogen) atoms. The average molecular weight is 288 g/mol. The highest BCUT2D eigenvalue weighted by Crippen LogP contribution is 2.23. The number of rotatable bonds is 5. The number of hydrogen-bond donors (Lipinski definition) is 1. The Balaban J connectivity index is 2.10. The Morgan fingerprint density at radius 3 is 2.84 bits per heavy atom. The summed E-state index contributed by atoms with van der Waals surface area (Å²) in [4.78, 5) is 0. The van der Waals surface area contributed by atoms with E-state index in [9.17, 15) is 0 Å². The summed E-state index contributed by atoms with van der Waals surface area (Å²) in [6.45, 7) is 6.72. The van der Waals surface area contributed by atoms with Crippen molar-refractivity contribution >= 4 is 11.6 Å². The van der Waals surface area contributed by atoms with E-state index in [0.29, 0.717) is 26.2 Å². The van der Waals surface area contributed by atoms with Gasteiger partial charge in [0.25, 0.3) is 0 Å². The number of aromatic nitrogens is 2. The Bertz CT molecular complexity index is 416. The lowest BCUT2D eigenvalue weighted by Gasteiger charge is -2.28. The summed E-state index contributed by atoms with van der Waals surface area (Å²) >= 11 is 6.38. The molecule has 1 saturated heterocycles. The molecule has 108 valence electrons. The van der Waals surface area contributed by atoms with Crippen LogP contribution in [0.2, 0.25) is 5.02 Å².